The van der Waals surface area contributed by atoms with Crippen molar-refractivity contribution in [3.8, 4) is 0 Å². The van der Waals surface area contributed by atoms with Crippen LogP contribution in [0.2, 0.25) is 0 Å². The fourth-order valence-corrected chi connectivity index (χ4v) is 2.24. The molecule has 2 aromatic carbocycles. The van der Waals surface area contributed by atoms with E-state index in [4.69, 9.17) is 4.74 Å². The number of rotatable bonds is 4. The van der Waals surface area contributed by atoms with Crippen molar-refractivity contribution >= 4 is 22.8 Å². The number of hydrogen-bond donors (Lipinski definition) is 1. The van der Waals surface area contributed by atoms with Crippen molar-refractivity contribution in [2.45, 2.75) is 38.8 Å². The summed E-state index contributed by atoms with van der Waals surface area (Å²) in [4.78, 5) is 23.0. The number of amides is 1. The maximum atomic E-state index is 11.8. The van der Waals surface area contributed by atoms with Crippen LogP contribution in [0.15, 0.2) is 42.5 Å². The summed E-state index contributed by atoms with van der Waals surface area (Å²) >= 11 is 0. The van der Waals surface area contributed by atoms with Crippen molar-refractivity contribution in [3.63, 3.8) is 0 Å². The Balaban J connectivity index is 2.11. The zero-order valence-electron chi connectivity index (χ0n) is 13.5. The second kappa shape index (κ2) is 6.69. The van der Waals surface area contributed by atoms with Crippen molar-refractivity contribution in [1.82, 2.24) is 5.32 Å². The van der Waals surface area contributed by atoms with E-state index >= 15 is 0 Å². The highest BCUT2D eigenvalue weighted by atomic mass is 16.6. The summed E-state index contributed by atoms with van der Waals surface area (Å²) in [6.07, 6.45) is -0.639. The van der Waals surface area contributed by atoms with Crippen molar-refractivity contribution in [2.75, 3.05) is 0 Å². The van der Waals surface area contributed by atoms with Gasteiger partial charge in [-0.15, -0.1) is 0 Å². The smallest absolute Gasteiger partial charge is 0.408 e. The zero-order chi connectivity index (χ0) is 17.0. The van der Waals surface area contributed by atoms with Crippen LogP contribution in [0, 0.1) is 0 Å². The molecule has 0 fully saturated rings. The predicted octanol–water partition coefficient (Wildman–Crippen LogP) is 2.03. The fraction of sp³-hybridized carbons (Fsp3) is 0.333. The molecule has 0 saturated carbocycles. The monoisotopic (exact) mass is 314 g/mol. The number of fused-ring (bicyclic) bond motifs is 1. The summed E-state index contributed by atoms with van der Waals surface area (Å²) in [6.45, 7) is 5.14. The van der Waals surface area contributed by atoms with Gasteiger partial charge >= 0.3 is 6.09 Å². The topological polar surface area (TPSA) is 78.5 Å². The first kappa shape index (κ1) is 16.8. The molecule has 1 atom stereocenters. The number of carbonyl (C=O) groups excluding carboxylic acids is 2. The van der Waals surface area contributed by atoms with E-state index in [1.165, 1.54) is 0 Å². The van der Waals surface area contributed by atoms with E-state index in [0.29, 0.717) is 0 Å². The molecule has 0 aliphatic heterocycles. The predicted molar refractivity (Wildman–Crippen MR) is 85.8 cm³/mol. The Morgan fingerprint density at radius 3 is 2.39 bits per heavy atom. The summed E-state index contributed by atoms with van der Waals surface area (Å²) < 4.78 is 5.09. The Hall–Kier alpha value is -2.56. The van der Waals surface area contributed by atoms with Crippen LogP contribution in [0.3, 0.4) is 0 Å². The summed E-state index contributed by atoms with van der Waals surface area (Å²) in [5, 5.41) is 15.7. The van der Waals surface area contributed by atoms with E-state index in [-0.39, 0.29) is 6.42 Å². The Morgan fingerprint density at radius 2 is 1.78 bits per heavy atom. The van der Waals surface area contributed by atoms with Gasteiger partial charge in [-0.05, 0) is 43.5 Å². The van der Waals surface area contributed by atoms with Crippen LogP contribution in [0.25, 0.3) is 10.8 Å². The van der Waals surface area contributed by atoms with E-state index in [0.717, 1.165) is 16.3 Å². The molecule has 0 saturated heterocycles. The summed E-state index contributed by atoms with van der Waals surface area (Å²) in [7, 11) is 0. The molecular formula is C18H20NO4-. The number of nitrogens with one attached hydrogen (secondary N) is 1. The summed E-state index contributed by atoms with van der Waals surface area (Å²) in [5.41, 5.74) is 0.109. The van der Waals surface area contributed by atoms with Gasteiger partial charge in [0.25, 0.3) is 0 Å². The molecule has 0 radical (unpaired) electrons. The summed E-state index contributed by atoms with van der Waals surface area (Å²) in [5.74, 6) is -1.34. The lowest BCUT2D eigenvalue weighted by Gasteiger charge is -2.24. The van der Waals surface area contributed by atoms with Gasteiger partial charge in [-0.1, -0.05) is 42.5 Å². The molecule has 0 bridgehead atoms. The highest BCUT2D eigenvalue weighted by molar-refractivity contribution is 5.83. The van der Waals surface area contributed by atoms with Crippen LogP contribution in [-0.4, -0.2) is 23.7 Å². The molecule has 122 valence electrons. The van der Waals surface area contributed by atoms with Crippen molar-refractivity contribution in [2.24, 2.45) is 0 Å². The van der Waals surface area contributed by atoms with Gasteiger partial charge in [0.2, 0.25) is 0 Å². The van der Waals surface area contributed by atoms with Gasteiger partial charge in [0.05, 0.1) is 12.0 Å². The molecule has 0 heterocycles. The highest BCUT2D eigenvalue weighted by Crippen LogP contribution is 2.17. The fourth-order valence-electron chi connectivity index (χ4n) is 2.24. The van der Waals surface area contributed by atoms with Gasteiger partial charge in [-0.2, -0.15) is 0 Å². The van der Waals surface area contributed by atoms with Crippen LogP contribution in [0.1, 0.15) is 26.3 Å². The third-order valence-electron chi connectivity index (χ3n) is 3.23. The normalized spacial score (nSPS) is 12.7. The molecule has 5 nitrogen and oxygen atoms in total. The van der Waals surface area contributed by atoms with Crippen LogP contribution >= 0.6 is 0 Å². The first-order valence-electron chi connectivity index (χ1n) is 7.43. The van der Waals surface area contributed by atoms with Crippen LogP contribution < -0.4 is 10.4 Å². The number of aliphatic carboxylic acids is 1. The lowest BCUT2D eigenvalue weighted by atomic mass is 10.0. The number of carbonyl (C=O) groups is 2. The Labute approximate surface area is 135 Å². The minimum Gasteiger partial charge on any atom is -0.548 e. The Morgan fingerprint density at radius 1 is 1.13 bits per heavy atom. The number of carboxylic acid groups (broad SMARTS) is 1. The van der Waals surface area contributed by atoms with Gasteiger partial charge in [-0.3, -0.25) is 0 Å². The molecule has 2 aromatic rings. The number of ether oxygens (including phenoxy) is 1. The molecule has 5 heteroatoms. The maximum Gasteiger partial charge on any atom is 0.408 e. The number of benzene rings is 2. The second-order valence-corrected chi connectivity index (χ2v) is 6.40. The first-order chi connectivity index (χ1) is 10.7. The van der Waals surface area contributed by atoms with Crippen molar-refractivity contribution < 1.29 is 19.4 Å². The van der Waals surface area contributed by atoms with Crippen LogP contribution in [0.4, 0.5) is 4.79 Å². The van der Waals surface area contributed by atoms with Gasteiger partial charge in [-0.25, -0.2) is 4.79 Å². The highest BCUT2D eigenvalue weighted by Gasteiger charge is 2.20. The number of hydrogen-bond acceptors (Lipinski definition) is 4. The standard InChI is InChI=1S/C18H21NO4/c1-18(2,3)23-17(22)19-15(16(20)21)11-12-8-9-13-6-4-5-7-14(13)10-12/h4-10,15H,11H2,1-3H3,(H,19,22)(H,20,21)/p-1/t15-/m0/s1. The zero-order valence-corrected chi connectivity index (χ0v) is 13.5. The van der Waals surface area contributed by atoms with Crippen LogP contribution in [0.5, 0.6) is 0 Å². The third-order valence-corrected chi connectivity index (χ3v) is 3.23. The van der Waals surface area contributed by atoms with E-state index in [1.54, 1.807) is 20.8 Å². The Bertz CT molecular complexity index is 718. The lowest BCUT2D eigenvalue weighted by molar-refractivity contribution is -0.308. The minimum absolute atomic E-state index is 0.131. The molecule has 0 unspecified atom stereocenters. The SMILES string of the molecule is CC(C)(C)OC(=O)N[C@@H](Cc1ccc2ccccc2c1)C(=O)[O-]. The summed E-state index contributed by atoms with van der Waals surface area (Å²) in [6, 6.07) is 12.3. The van der Waals surface area contributed by atoms with Crippen molar-refractivity contribution in [1.29, 1.82) is 0 Å². The quantitative estimate of drug-likeness (QED) is 0.936. The maximum absolute atomic E-state index is 11.8. The average molecular weight is 314 g/mol. The lowest BCUT2D eigenvalue weighted by Crippen LogP contribution is -2.50. The molecule has 1 amide bonds. The van der Waals surface area contributed by atoms with Crippen LogP contribution in [-0.2, 0) is 16.0 Å². The van der Waals surface area contributed by atoms with E-state index < -0.39 is 23.7 Å². The van der Waals surface area contributed by atoms with E-state index in [9.17, 15) is 14.7 Å². The molecule has 23 heavy (non-hydrogen) atoms. The minimum atomic E-state index is -1.34. The molecule has 1 N–H and O–H groups in total. The number of carboxylic acids is 1. The number of alkyl carbamates (subject to hydrolysis) is 1. The van der Waals surface area contributed by atoms with E-state index in [2.05, 4.69) is 5.32 Å². The van der Waals surface area contributed by atoms with Gasteiger partial charge in [0.1, 0.15) is 5.60 Å². The van der Waals surface area contributed by atoms with Gasteiger partial charge < -0.3 is 20.0 Å². The average Bonchev–Trinajstić information content (AvgIpc) is 2.44. The van der Waals surface area contributed by atoms with Gasteiger partial charge in [0, 0.05) is 0 Å². The molecular weight excluding hydrogens is 294 g/mol. The largest absolute Gasteiger partial charge is 0.548 e. The second-order valence-electron chi connectivity index (χ2n) is 6.40. The van der Waals surface area contributed by atoms with Crippen molar-refractivity contribution in [3.05, 3.63) is 48.0 Å². The third kappa shape index (κ3) is 4.98. The van der Waals surface area contributed by atoms with Gasteiger partial charge in [0.15, 0.2) is 0 Å². The molecule has 0 aliphatic rings. The Kier molecular flexibility index (Phi) is 4.89. The molecule has 0 aliphatic carbocycles. The molecule has 0 spiro atoms. The van der Waals surface area contributed by atoms with E-state index in [1.807, 2.05) is 42.5 Å². The molecule has 2 rings (SSSR count). The molecule has 0 aromatic heterocycles. The first-order valence-corrected chi connectivity index (χ1v) is 7.43.